The number of hydrogen-bond acceptors (Lipinski definition) is 7. The third-order valence-corrected chi connectivity index (χ3v) is 4.13. The summed E-state index contributed by atoms with van der Waals surface area (Å²) in [5.74, 6) is 0.985. The van der Waals surface area contributed by atoms with Crippen molar-refractivity contribution in [2.24, 2.45) is 7.05 Å². The minimum atomic E-state index is -0.107. The van der Waals surface area contributed by atoms with Crippen LogP contribution in [0.5, 0.6) is 0 Å². The van der Waals surface area contributed by atoms with Crippen LogP contribution in [0.2, 0.25) is 0 Å². The zero-order chi connectivity index (χ0) is 17.1. The fourth-order valence-corrected chi connectivity index (χ4v) is 2.46. The van der Waals surface area contributed by atoms with E-state index in [0.717, 1.165) is 16.6 Å². The van der Waals surface area contributed by atoms with Crippen molar-refractivity contribution in [3.8, 4) is 0 Å². The molecule has 0 fully saturated rings. The van der Waals surface area contributed by atoms with Crippen LogP contribution in [0, 0.1) is 0 Å². The molecule has 0 aliphatic carbocycles. The van der Waals surface area contributed by atoms with Gasteiger partial charge in [0.15, 0.2) is 17.0 Å². The Kier molecular flexibility index (Phi) is 4.91. The number of aliphatic hydroxyl groups is 1. The van der Waals surface area contributed by atoms with Crippen molar-refractivity contribution in [1.29, 1.82) is 0 Å². The zero-order valence-electron chi connectivity index (χ0n) is 13.4. The number of fused-ring (bicyclic) bond motifs is 1. The highest BCUT2D eigenvalue weighted by molar-refractivity contribution is 9.10. The highest BCUT2D eigenvalue weighted by Crippen LogP contribution is 2.24. The van der Waals surface area contributed by atoms with Crippen LogP contribution in [0.3, 0.4) is 0 Å². The van der Waals surface area contributed by atoms with Crippen LogP contribution in [0.1, 0.15) is 13.3 Å². The molecule has 126 valence electrons. The summed E-state index contributed by atoms with van der Waals surface area (Å²) in [4.78, 5) is 8.94. The summed E-state index contributed by atoms with van der Waals surface area (Å²) in [6.07, 6.45) is 0.761. The molecule has 3 rings (SSSR count). The quantitative estimate of drug-likeness (QED) is 0.592. The van der Waals surface area contributed by atoms with Gasteiger partial charge in [0.1, 0.15) is 0 Å². The minimum absolute atomic E-state index is 0.0109. The molecular weight excluding hydrogens is 374 g/mol. The maximum atomic E-state index is 9.38. The molecule has 1 atom stereocenters. The van der Waals surface area contributed by atoms with Crippen LogP contribution in [-0.4, -0.2) is 42.7 Å². The maximum absolute atomic E-state index is 9.38. The van der Waals surface area contributed by atoms with Crippen molar-refractivity contribution in [2.75, 3.05) is 17.2 Å². The van der Waals surface area contributed by atoms with Gasteiger partial charge in [0.2, 0.25) is 5.95 Å². The molecule has 24 heavy (non-hydrogen) atoms. The Morgan fingerprint density at radius 2 is 2.00 bits per heavy atom. The average molecular weight is 392 g/mol. The minimum Gasteiger partial charge on any atom is -0.394 e. The average Bonchev–Trinajstić information content (AvgIpc) is 2.96. The van der Waals surface area contributed by atoms with Crippen molar-refractivity contribution < 1.29 is 5.11 Å². The van der Waals surface area contributed by atoms with Gasteiger partial charge in [-0.05, 0) is 30.7 Å². The Morgan fingerprint density at radius 1 is 1.25 bits per heavy atom. The molecule has 0 amide bonds. The maximum Gasteiger partial charge on any atom is 0.227 e. The number of benzene rings is 1. The van der Waals surface area contributed by atoms with Crippen molar-refractivity contribution in [3.05, 3.63) is 28.7 Å². The van der Waals surface area contributed by atoms with Gasteiger partial charge in [-0.3, -0.25) is 0 Å². The number of nitrogens with zero attached hydrogens (tertiary/aromatic N) is 5. The van der Waals surface area contributed by atoms with Gasteiger partial charge in [0.25, 0.3) is 0 Å². The molecule has 1 aromatic carbocycles. The van der Waals surface area contributed by atoms with E-state index in [0.29, 0.717) is 22.9 Å². The number of aromatic nitrogens is 5. The van der Waals surface area contributed by atoms with Crippen LogP contribution in [0.25, 0.3) is 11.2 Å². The molecule has 0 bridgehead atoms. The standard InChI is InChI=1S/C15H18BrN7O/c1-3-10(8-24)18-15-19-13(12-14(20-15)23(2)22-21-12)17-11-6-4-9(16)5-7-11/h4-7,10,24H,3,8H2,1-2H3,(H2,17,18,19,20). The second kappa shape index (κ2) is 7.10. The number of rotatable bonds is 6. The first-order valence-electron chi connectivity index (χ1n) is 7.58. The molecule has 1 unspecified atom stereocenters. The van der Waals surface area contributed by atoms with Gasteiger partial charge in [0.05, 0.1) is 12.6 Å². The summed E-state index contributed by atoms with van der Waals surface area (Å²) in [6.45, 7) is 2.00. The smallest absolute Gasteiger partial charge is 0.227 e. The largest absolute Gasteiger partial charge is 0.394 e. The van der Waals surface area contributed by atoms with E-state index in [9.17, 15) is 5.11 Å². The predicted molar refractivity (Wildman–Crippen MR) is 96.3 cm³/mol. The van der Waals surface area contributed by atoms with Crippen molar-refractivity contribution >= 4 is 44.5 Å². The third kappa shape index (κ3) is 3.46. The molecule has 0 aliphatic rings. The number of anilines is 3. The van der Waals surface area contributed by atoms with E-state index >= 15 is 0 Å². The summed E-state index contributed by atoms with van der Waals surface area (Å²) in [5, 5.41) is 23.9. The highest BCUT2D eigenvalue weighted by Gasteiger charge is 2.15. The van der Waals surface area contributed by atoms with Crippen molar-refractivity contribution in [3.63, 3.8) is 0 Å². The molecule has 0 spiro atoms. The van der Waals surface area contributed by atoms with E-state index in [1.54, 1.807) is 11.7 Å². The van der Waals surface area contributed by atoms with Gasteiger partial charge >= 0.3 is 0 Å². The Hall–Kier alpha value is -2.26. The Bertz CT molecular complexity index is 830. The lowest BCUT2D eigenvalue weighted by atomic mass is 10.2. The molecule has 2 heterocycles. The zero-order valence-corrected chi connectivity index (χ0v) is 14.9. The summed E-state index contributed by atoms with van der Waals surface area (Å²) >= 11 is 3.42. The Labute approximate surface area is 147 Å². The van der Waals surface area contributed by atoms with Crippen molar-refractivity contribution in [2.45, 2.75) is 19.4 Å². The van der Waals surface area contributed by atoms with Gasteiger partial charge in [-0.1, -0.05) is 28.1 Å². The summed E-state index contributed by atoms with van der Waals surface area (Å²) in [6, 6.07) is 7.64. The molecular formula is C15H18BrN7O. The normalized spacial score (nSPS) is 12.3. The number of aliphatic hydroxyl groups excluding tert-OH is 1. The highest BCUT2D eigenvalue weighted by atomic mass is 79.9. The third-order valence-electron chi connectivity index (χ3n) is 3.60. The first kappa shape index (κ1) is 16.6. The van der Waals surface area contributed by atoms with E-state index in [1.165, 1.54) is 0 Å². The van der Waals surface area contributed by atoms with Gasteiger partial charge in [-0.2, -0.15) is 9.97 Å². The van der Waals surface area contributed by atoms with Crippen LogP contribution in [-0.2, 0) is 7.05 Å². The Balaban J connectivity index is 1.99. The van der Waals surface area contributed by atoms with E-state index in [-0.39, 0.29) is 12.6 Å². The molecule has 0 radical (unpaired) electrons. The number of nitrogens with one attached hydrogen (secondary N) is 2. The fourth-order valence-electron chi connectivity index (χ4n) is 2.20. The summed E-state index contributed by atoms with van der Waals surface area (Å²) < 4.78 is 2.59. The van der Waals surface area contributed by atoms with Gasteiger partial charge in [-0.15, -0.1) is 5.10 Å². The lowest BCUT2D eigenvalue weighted by Gasteiger charge is -2.15. The molecule has 3 aromatic rings. The van der Waals surface area contributed by atoms with E-state index in [4.69, 9.17) is 0 Å². The second-order valence-electron chi connectivity index (χ2n) is 5.35. The number of hydrogen-bond donors (Lipinski definition) is 3. The van der Waals surface area contributed by atoms with Crippen LogP contribution >= 0.6 is 15.9 Å². The molecule has 0 aliphatic heterocycles. The second-order valence-corrected chi connectivity index (χ2v) is 6.26. The molecule has 3 N–H and O–H groups in total. The molecule has 0 saturated carbocycles. The van der Waals surface area contributed by atoms with Crippen molar-refractivity contribution in [1.82, 2.24) is 25.0 Å². The van der Waals surface area contributed by atoms with Crippen LogP contribution in [0.4, 0.5) is 17.5 Å². The monoisotopic (exact) mass is 391 g/mol. The number of aryl methyl sites for hydroxylation is 1. The first-order valence-corrected chi connectivity index (χ1v) is 8.37. The summed E-state index contributed by atoms with van der Waals surface area (Å²) in [7, 11) is 1.78. The van der Waals surface area contributed by atoms with Gasteiger partial charge < -0.3 is 15.7 Å². The molecule has 8 nitrogen and oxygen atoms in total. The SMILES string of the molecule is CCC(CO)Nc1nc(Nc2ccc(Br)cc2)c2nnn(C)c2n1. The molecule has 9 heteroatoms. The number of halogens is 1. The molecule has 2 aromatic heterocycles. The fraction of sp³-hybridized carbons (Fsp3) is 0.333. The lowest BCUT2D eigenvalue weighted by molar-refractivity contribution is 0.271. The van der Waals surface area contributed by atoms with E-state index < -0.39 is 0 Å². The van der Waals surface area contributed by atoms with E-state index in [1.807, 2.05) is 31.2 Å². The predicted octanol–water partition coefficient (Wildman–Crippen LogP) is 2.45. The molecule has 0 saturated heterocycles. The lowest BCUT2D eigenvalue weighted by Crippen LogP contribution is -2.24. The van der Waals surface area contributed by atoms with Crippen LogP contribution < -0.4 is 10.6 Å². The van der Waals surface area contributed by atoms with Gasteiger partial charge in [-0.25, -0.2) is 4.68 Å². The first-order chi connectivity index (χ1) is 11.6. The topological polar surface area (TPSA) is 101 Å². The van der Waals surface area contributed by atoms with Gasteiger partial charge in [0, 0.05) is 17.2 Å². The Morgan fingerprint density at radius 3 is 2.67 bits per heavy atom. The van der Waals surface area contributed by atoms with Crippen LogP contribution in [0.15, 0.2) is 28.7 Å². The van der Waals surface area contributed by atoms with E-state index in [2.05, 4.69) is 46.8 Å². The summed E-state index contributed by atoms with van der Waals surface area (Å²) in [5.41, 5.74) is 2.08.